The third-order valence-corrected chi connectivity index (χ3v) is 6.10. The molecule has 0 bridgehead atoms. The van der Waals surface area contributed by atoms with Crippen LogP contribution >= 0.6 is 0 Å². The molecule has 0 saturated carbocycles. The standard InChI is InChI=1S/C25H40N6O/c1-5-26-24(27-14-9-15-31-21(3)18-20(2)30-31)28-19-25(12-16-32-17-13-25)29-22(4)23-10-7-6-8-11-23/h6-8,10-11,18,22,29H,5,9,12-17,19H2,1-4H3,(H2,26,27,28). The van der Waals surface area contributed by atoms with Crippen molar-refractivity contribution in [2.75, 3.05) is 32.8 Å². The van der Waals surface area contributed by atoms with Crippen LogP contribution in [0.5, 0.6) is 0 Å². The number of rotatable bonds is 10. The second kappa shape index (κ2) is 12.0. The van der Waals surface area contributed by atoms with E-state index in [2.05, 4.69) is 82.9 Å². The van der Waals surface area contributed by atoms with Crippen molar-refractivity contribution in [2.24, 2.45) is 4.99 Å². The minimum Gasteiger partial charge on any atom is -0.381 e. The van der Waals surface area contributed by atoms with Gasteiger partial charge in [0.2, 0.25) is 0 Å². The van der Waals surface area contributed by atoms with E-state index >= 15 is 0 Å². The van der Waals surface area contributed by atoms with Gasteiger partial charge in [-0.2, -0.15) is 5.10 Å². The summed E-state index contributed by atoms with van der Waals surface area (Å²) in [4.78, 5) is 4.98. The zero-order valence-electron chi connectivity index (χ0n) is 20.2. The molecule has 176 valence electrons. The molecular weight excluding hydrogens is 400 g/mol. The number of ether oxygens (including phenoxy) is 1. The Labute approximate surface area is 193 Å². The lowest BCUT2D eigenvalue weighted by Crippen LogP contribution is -2.53. The fraction of sp³-hybridized carbons (Fsp3) is 0.600. The van der Waals surface area contributed by atoms with E-state index in [1.807, 2.05) is 6.92 Å². The van der Waals surface area contributed by atoms with Gasteiger partial charge in [-0.3, -0.25) is 9.67 Å². The number of aromatic nitrogens is 2. The molecule has 3 N–H and O–H groups in total. The van der Waals surface area contributed by atoms with Gasteiger partial charge in [-0.1, -0.05) is 30.3 Å². The van der Waals surface area contributed by atoms with Gasteiger partial charge in [-0.25, -0.2) is 0 Å². The lowest BCUT2D eigenvalue weighted by atomic mass is 9.88. The van der Waals surface area contributed by atoms with E-state index in [1.165, 1.54) is 11.3 Å². The number of hydrogen-bond acceptors (Lipinski definition) is 4. The normalized spacial score (nSPS) is 17.2. The van der Waals surface area contributed by atoms with Crippen molar-refractivity contribution in [1.82, 2.24) is 25.7 Å². The van der Waals surface area contributed by atoms with Crippen LogP contribution in [0.1, 0.15) is 56.1 Å². The van der Waals surface area contributed by atoms with Gasteiger partial charge < -0.3 is 20.7 Å². The van der Waals surface area contributed by atoms with Crippen LogP contribution in [0.4, 0.5) is 0 Å². The van der Waals surface area contributed by atoms with Gasteiger partial charge in [-0.15, -0.1) is 0 Å². The molecule has 1 aromatic carbocycles. The van der Waals surface area contributed by atoms with Crippen LogP contribution in [0.25, 0.3) is 0 Å². The molecule has 1 unspecified atom stereocenters. The fourth-order valence-corrected chi connectivity index (χ4v) is 4.30. The van der Waals surface area contributed by atoms with Gasteiger partial charge in [0.1, 0.15) is 0 Å². The molecule has 0 spiro atoms. The number of aliphatic imine (C=N–C) groups is 1. The van der Waals surface area contributed by atoms with Gasteiger partial charge in [0.05, 0.1) is 12.2 Å². The molecule has 7 heteroatoms. The van der Waals surface area contributed by atoms with E-state index in [1.54, 1.807) is 0 Å². The van der Waals surface area contributed by atoms with Gasteiger partial charge in [0.25, 0.3) is 0 Å². The first-order chi connectivity index (χ1) is 15.5. The molecule has 1 aliphatic rings. The Morgan fingerprint density at radius 2 is 1.94 bits per heavy atom. The second-order valence-electron chi connectivity index (χ2n) is 8.80. The predicted molar refractivity (Wildman–Crippen MR) is 131 cm³/mol. The van der Waals surface area contributed by atoms with Crippen LogP contribution in [0.15, 0.2) is 41.4 Å². The first-order valence-corrected chi connectivity index (χ1v) is 11.9. The Morgan fingerprint density at radius 3 is 2.59 bits per heavy atom. The molecule has 1 aromatic heterocycles. The summed E-state index contributed by atoms with van der Waals surface area (Å²) in [6.07, 6.45) is 2.92. The Kier molecular flexibility index (Phi) is 9.11. The molecular formula is C25H40N6O. The molecule has 3 rings (SSSR count). The van der Waals surface area contributed by atoms with Gasteiger partial charge in [0.15, 0.2) is 5.96 Å². The summed E-state index contributed by atoms with van der Waals surface area (Å²) in [5.74, 6) is 0.876. The highest BCUT2D eigenvalue weighted by Crippen LogP contribution is 2.26. The SMILES string of the molecule is CCNC(=NCC1(NC(C)c2ccccc2)CCOCC1)NCCCn1nc(C)cc1C. The molecule has 7 nitrogen and oxygen atoms in total. The maximum atomic E-state index is 5.67. The maximum Gasteiger partial charge on any atom is 0.191 e. The van der Waals surface area contributed by atoms with E-state index in [4.69, 9.17) is 9.73 Å². The van der Waals surface area contributed by atoms with E-state index in [9.17, 15) is 0 Å². The monoisotopic (exact) mass is 440 g/mol. The highest BCUT2D eigenvalue weighted by Gasteiger charge is 2.34. The lowest BCUT2D eigenvalue weighted by molar-refractivity contribution is 0.0374. The van der Waals surface area contributed by atoms with Crippen molar-refractivity contribution in [2.45, 2.75) is 65.1 Å². The van der Waals surface area contributed by atoms with Crippen molar-refractivity contribution in [3.63, 3.8) is 0 Å². The van der Waals surface area contributed by atoms with Gasteiger partial charge in [0, 0.05) is 50.1 Å². The summed E-state index contributed by atoms with van der Waals surface area (Å²) in [5.41, 5.74) is 3.53. The number of nitrogens with one attached hydrogen (secondary N) is 3. The van der Waals surface area contributed by atoms with Crippen LogP contribution < -0.4 is 16.0 Å². The van der Waals surface area contributed by atoms with Crippen LogP contribution in [-0.2, 0) is 11.3 Å². The average Bonchev–Trinajstić information content (AvgIpc) is 3.13. The second-order valence-corrected chi connectivity index (χ2v) is 8.80. The smallest absolute Gasteiger partial charge is 0.191 e. The van der Waals surface area contributed by atoms with Crippen molar-refractivity contribution in [3.8, 4) is 0 Å². The number of guanidine groups is 1. The molecule has 32 heavy (non-hydrogen) atoms. The minimum atomic E-state index is -0.0560. The molecule has 0 aliphatic carbocycles. The number of benzene rings is 1. The Morgan fingerprint density at radius 1 is 1.19 bits per heavy atom. The molecule has 1 saturated heterocycles. The quantitative estimate of drug-likeness (QED) is 0.300. The van der Waals surface area contributed by atoms with Gasteiger partial charge >= 0.3 is 0 Å². The minimum absolute atomic E-state index is 0.0560. The number of aryl methyl sites for hydroxylation is 3. The van der Waals surface area contributed by atoms with E-state index in [0.717, 1.165) is 70.3 Å². The fourth-order valence-electron chi connectivity index (χ4n) is 4.30. The highest BCUT2D eigenvalue weighted by molar-refractivity contribution is 5.79. The Balaban J connectivity index is 1.58. The molecule has 0 amide bonds. The maximum absolute atomic E-state index is 5.67. The molecule has 0 radical (unpaired) electrons. The third-order valence-electron chi connectivity index (χ3n) is 6.10. The van der Waals surface area contributed by atoms with Crippen molar-refractivity contribution < 1.29 is 4.74 Å². The van der Waals surface area contributed by atoms with Crippen molar-refractivity contribution in [3.05, 3.63) is 53.3 Å². The zero-order chi connectivity index (χ0) is 22.8. The summed E-state index contributed by atoms with van der Waals surface area (Å²) in [6.45, 7) is 13.4. The molecule has 1 atom stereocenters. The Hall–Kier alpha value is -2.38. The van der Waals surface area contributed by atoms with E-state index in [-0.39, 0.29) is 11.6 Å². The largest absolute Gasteiger partial charge is 0.381 e. The summed E-state index contributed by atoms with van der Waals surface area (Å²) in [7, 11) is 0. The first-order valence-electron chi connectivity index (χ1n) is 11.9. The summed E-state index contributed by atoms with van der Waals surface area (Å²) in [5, 5.41) is 15.3. The topological polar surface area (TPSA) is 75.5 Å². The van der Waals surface area contributed by atoms with Crippen LogP contribution in [0.3, 0.4) is 0 Å². The predicted octanol–water partition coefficient (Wildman–Crippen LogP) is 3.35. The van der Waals surface area contributed by atoms with Crippen LogP contribution in [0.2, 0.25) is 0 Å². The van der Waals surface area contributed by atoms with Crippen LogP contribution in [-0.4, -0.2) is 54.1 Å². The molecule has 1 fully saturated rings. The number of hydrogen-bond donors (Lipinski definition) is 3. The molecule has 2 aromatic rings. The number of nitrogens with zero attached hydrogens (tertiary/aromatic N) is 3. The first kappa shape index (κ1) is 24.3. The van der Waals surface area contributed by atoms with Crippen molar-refractivity contribution >= 4 is 5.96 Å². The zero-order valence-corrected chi connectivity index (χ0v) is 20.2. The average molecular weight is 441 g/mol. The molecule has 1 aliphatic heterocycles. The Bertz CT molecular complexity index is 841. The van der Waals surface area contributed by atoms with Crippen LogP contribution in [0, 0.1) is 13.8 Å². The molecule has 2 heterocycles. The highest BCUT2D eigenvalue weighted by atomic mass is 16.5. The lowest BCUT2D eigenvalue weighted by Gasteiger charge is -2.39. The summed E-state index contributed by atoms with van der Waals surface area (Å²) in [6, 6.07) is 13.0. The van der Waals surface area contributed by atoms with Crippen molar-refractivity contribution in [1.29, 1.82) is 0 Å². The summed E-state index contributed by atoms with van der Waals surface area (Å²) >= 11 is 0. The van der Waals surface area contributed by atoms with Gasteiger partial charge in [-0.05, 0) is 58.6 Å². The third kappa shape index (κ3) is 7.07. The van der Waals surface area contributed by atoms with E-state index < -0.39 is 0 Å². The van der Waals surface area contributed by atoms with E-state index in [0.29, 0.717) is 0 Å². The summed E-state index contributed by atoms with van der Waals surface area (Å²) < 4.78 is 7.75.